The molecule has 2 rings (SSSR count). The van der Waals surface area contributed by atoms with Crippen molar-refractivity contribution in [3.05, 3.63) is 23.9 Å². The van der Waals surface area contributed by atoms with Crippen LogP contribution in [0.5, 0.6) is 0 Å². The van der Waals surface area contributed by atoms with Gasteiger partial charge in [-0.15, -0.1) is 0 Å². The zero-order valence-electron chi connectivity index (χ0n) is 7.85. The molecule has 1 aromatic rings. The van der Waals surface area contributed by atoms with Crippen LogP contribution >= 0.6 is 0 Å². The second kappa shape index (κ2) is 3.64. The van der Waals surface area contributed by atoms with Gasteiger partial charge in [-0.05, 0) is 18.6 Å². The Hall–Kier alpha value is -1.60. The van der Waals surface area contributed by atoms with Crippen molar-refractivity contribution in [3.63, 3.8) is 0 Å². The minimum atomic E-state index is 0.238. The summed E-state index contributed by atoms with van der Waals surface area (Å²) in [5.41, 5.74) is 6.45. The predicted octanol–water partition coefficient (Wildman–Crippen LogP) is 0.491. The summed E-state index contributed by atoms with van der Waals surface area (Å²) in [4.78, 5) is 6.34. The van der Waals surface area contributed by atoms with E-state index in [0.29, 0.717) is 5.56 Å². The minimum absolute atomic E-state index is 0.238. The van der Waals surface area contributed by atoms with Crippen LogP contribution in [-0.4, -0.2) is 24.1 Å². The summed E-state index contributed by atoms with van der Waals surface area (Å²) in [6.45, 7) is 1.77. The lowest BCUT2D eigenvalue weighted by Crippen LogP contribution is -2.26. The van der Waals surface area contributed by atoms with Crippen LogP contribution in [0.4, 0.5) is 5.82 Å². The van der Waals surface area contributed by atoms with E-state index in [1.54, 1.807) is 18.3 Å². The number of anilines is 1. The third-order valence-corrected chi connectivity index (χ3v) is 2.42. The van der Waals surface area contributed by atoms with Crippen molar-refractivity contribution in [1.29, 1.82) is 5.26 Å². The van der Waals surface area contributed by atoms with Crippen molar-refractivity contribution in [2.24, 2.45) is 5.73 Å². The fourth-order valence-corrected chi connectivity index (χ4v) is 1.66. The fraction of sp³-hybridized carbons (Fsp3) is 0.400. The zero-order valence-corrected chi connectivity index (χ0v) is 7.85. The van der Waals surface area contributed by atoms with E-state index >= 15 is 0 Å². The number of rotatable bonds is 1. The van der Waals surface area contributed by atoms with E-state index in [1.807, 2.05) is 0 Å². The molecule has 14 heavy (non-hydrogen) atoms. The van der Waals surface area contributed by atoms with Gasteiger partial charge in [-0.1, -0.05) is 0 Å². The number of hydrogen-bond acceptors (Lipinski definition) is 4. The minimum Gasteiger partial charge on any atom is -0.355 e. The molecule has 1 aliphatic heterocycles. The lowest BCUT2D eigenvalue weighted by Gasteiger charge is -2.16. The molecule has 1 fully saturated rings. The Morgan fingerprint density at radius 3 is 3.14 bits per heavy atom. The van der Waals surface area contributed by atoms with Crippen LogP contribution in [0.3, 0.4) is 0 Å². The summed E-state index contributed by atoms with van der Waals surface area (Å²) in [5, 5.41) is 8.74. The first-order valence-corrected chi connectivity index (χ1v) is 4.66. The maximum atomic E-state index is 8.74. The molecule has 0 saturated carbocycles. The van der Waals surface area contributed by atoms with Gasteiger partial charge >= 0.3 is 0 Å². The molecule has 2 heterocycles. The highest BCUT2D eigenvalue weighted by molar-refractivity contribution is 5.45. The average Bonchev–Trinajstić information content (AvgIpc) is 2.65. The summed E-state index contributed by atoms with van der Waals surface area (Å²) in [6, 6.07) is 5.85. The third-order valence-electron chi connectivity index (χ3n) is 2.42. The van der Waals surface area contributed by atoms with E-state index in [1.165, 1.54) is 0 Å². The summed E-state index contributed by atoms with van der Waals surface area (Å²) < 4.78 is 0. The van der Waals surface area contributed by atoms with Crippen LogP contribution in [0.2, 0.25) is 0 Å². The Bertz CT molecular complexity index is 369. The van der Waals surface area contributed by atoms with Crippen LogP contribution in [0, 0.1) is 11.3 Å². The summed E-state index contributed by atoms with van der Waals surface area (Å²) in [7, 11) is 0. The van der Waals surface area contributed by atoms with Gasteiger partial charge in [0, 0.05) is 25.3 Å². The summed E-state index contributed by atoms with van der Waals surface area (Å²) in [6.07, 6.45) is 2.66. The maximum absolute atomic E-state index is 8.74. The highest BCUT2D eigenvalue weighted by Crippen LogP contribution is 2.17. The van der Waals surface area contributed by atoms with Crippen LogP contribution in [0.25, 0.3) is 0 Å². The van der Waals surface area contributed by atoms with Gasteiger partial charge in [-0.25, -0.2) is 4.98 Å². The molecule has 1 aromatic heterocycles. The van der Waals surface area contributed by atoms with Gasteiger partial charge in [0.1, 0.15) is 5.82 Å². The maximum Gasteiger partial charge on any atom is 0.129 e. The second-order valence-corrected chi connectivity index (χ2v) is 3.51. The normalized spacial score (nSPS) is 20.9. The van der Waals surface area contributed by atoms with Crippen molar-refractivity contribution in [2.75, 3.05) is 18.0 Å². The second-order valence-electron chi connectivity index (χ2n) is 3.51. The topological polar surface area (TPSA) is 65.9 Å². The number of hydrogen-bond donors (Lipinski definition) is 1. The van der Waals surface area contributed by atoms with E-state index < -0.39 is 0 Å². The molecule has 0 radical (unpaired) electrons. The molecule has 0 aliphatic carbocycles. The van der Waals surface area contributed by atoms with E-state index in [9.17, 15) is 0 Å². The molecule has 2 N–H and O–H groups in total. The zero-order chi connectivity index (χ0) is 9.97. The van der Waals surface area contributed by atoms with Crippen molar-refractivity contribution >= 4 is 5.82 Å². The Labute approximate surface area is 83.0 Å². The van der Waals surface area contributed by atoms with Gasteiger partial charge in [0.15, 0.2) is 0 Å². The van der Waals surface area contributed by atoms with Crippen LogP contribution in [0.1, 0.15) is 12.0 Å². The van der Waals surface area contributed by atoms with Crippen LogP contribution in [0.15, 0.2) is 18.3 Å². The summed E-state index contributed by atoms with van der Waals surface area (Å²) in [5.74, 6) is 0.858. The number of nitrogens with two attached hydrogens (primary N) is 1. The van der Waals surface area contributed by atoms with Gasteiger partial charge in [0.2, 0.25) is 0 Å². The lowest BCUT2D eigenvalue weighted by molar-refractivity contribution is 0.751. The first-order chi connectivity index (χ1) is 6.79. The van der Waals surface area contributed by atoms with Gasteiger partial charge in [0.25, 0.3) is 0 Å². The monoisotopic (exact) mass is 188 g/mol. The van der Waals surface area contributed by atoms with Crippen molar-refractivity contribution in [3.8, 4) is 6.07 Å². The molecule has 0 spiro atoms. The van der Waals surface area contributed by atoms with Crippen molar-refractivity contribution in [2.45, 2.75) is 12.5 Å². The molecular formula is C10H12N4. The van der Waals surface area contributed by atoms with Gasteiger partial charge in [-0.3, -0.25) is 0 Å². The molecule has 0 bridgehead atoms. The summed E-state index contributed by atoms with van der Waals surface area (Å²) >= 11 is 0. The number of nitrogens with zero attached hydrogens (tertiary/aromatic N) is 3. The molecule has 1 atom stereocenters. The highest BCUT2D eigenvalue weighted by Gasteiger charge is 2.20. The van der Waals surface area contributed by atoms with Crippen LogP contribution in [-0.2, 0) is 0 Å². The Kier molecular flexibility index (Phi) is 2.33. The van der Waals surface area contributed by atoms with Gasteiger partial charge in [-0.2, -0.15) is 5.26 Å². The molecule has 72 valence electrons. The lowest BCUT2D eigenvalue weighted by atomic mass is 10.3. The van der Waals surface area contributed by atoms with Crippen LogP contribution < -0.4 is 10.6 Å². The largest absolute Gasteiger partial charge is 0.355 e. The first-order valence-electron chi connectivity index (χ1n) is 4.66. The van der Waals surface area contributed by atoms with Crippen molar-refractivity contribution < 1.29 is 0 Å². The number of nitriles is 1. The Morgan fingerprint density at radius 2 is 2.50 bits per heavy atom. The number of pyridine rings is 1. The smallest absolute Gasteiger partial charge is 0.129 e. The standard InChI is InChI=1S/C10H12N4/c11-6-8-1-3-13-10(5-8)14-4-2-9(12)7-14/h1,3,5,9H,2,4,7,12H2/t9-/m0/s1. The van der Waals surface area contributed by atoms with E-state index in [4.69, 9.17) is 11.0 Å². The molecule has 1 saturated heterocycles. The Morgan fingerprint density at radius 1 is 1.64 bits per heavy atom. The van der Waals surface area contributed by atoms with Gasteiger partial charge in [0.05, 0.1) is 11.6 Å². The van der Waals surface area contributed by atoms with E-state index in [2.05, 4.69) is 16.0 Å². The predicted molar refractivity (Wildman–Crippen MR) is 53.8 cm³/mol. The first kappa shape index (κ1) is 8.97. The molecule has 4 nitrogen and oxygen atoms in total. The molecular weight excluding hydrogens is 176 g/mol. The van der Waals surface area contributed by atoms with E-state index in [0.717, 1.165) is 25.3 Å². The Balaban J connectivity index is 2.20. The van der Waals surface area contributed by atoms with E-state index in [-0.39, 0.29) is 6.04 Å². The fourth-order valence-electron chi connectivity index (χ4n) is 1.66. The molecule has 4 heteroatoms. The number of aromatic nitrogens is 1. The quantitative estimate of drug-likeness (QED) is 0.696. The SMILES string of the molecule is N#Cc1ccnc(N2CC[C@H](N)C2)c1. The molecule has 0 unspecified atom stereocenters. The third kappa shape index (κ3) is 1.68. The molecule has 1 aliphatic rings. The average molecular weight is 188 g/mol. The molecule has 0 aromatic carbocycles. The van der Waals surface area contributed by atoms with Gasteiger partial charge < -0.3 is 10.6 Å². The molecule has 0 amide bonds. The highest BCUT2D eigenvalue weighted by atomic mass is 15.2. The van der Waals surface area contributed by atoms with Crippen molar-refractivity contribution in [1.82, 2.24) is 4.98 Å².